The highest BCUT2D eigenvalue weighted by Crippen LogP contribution is 2.20. The number of halogens is 1. The lowest BCUT2D eigenvalue weighted by molar-refractivity contribution is 0.105. The van der Waals surface area contributed by atoms with Crippen LogP contribution in [0.4, 0.5) is 0 Å². The number of carbonyl (C=O) groups excluding carboxylic acids is 1. The normalized spacial score (nSPS) is 9.58. The number of rotatable bonds is 2. The number of hydrogen-bond donors (Lipinski definition) is 0. The van der Waals surface area contributed by atoms with Crippen molar-refractivity contribution >= 4 is 33.5 Å². The van der Waals surface area contributed by atoms with E-state index in [1.165, 1.54) is 0 Å². The summed E-state index contributed by atoms with van der Waals surface area (Å²) in [6.45, 7) is 0. The third kappa shape index (κ3) is 3.73. The van der Waals surface area contributed by atoms with Crippen LogP contribution in [0, 0.1) is 11.8 Å². The van der Waals surface area contributed by atoms with Crippen molar-refractivity contribution in [3.05, 3.63) is 64.1 Å². The molecular weight excluding hydrogens is 320 g/mol. The van der Waals surface area contributed by atoms with Crippen LogP contribution >= 0.6 is 27.7 Å². The SMILES string of the molecule is CSc1ccccc1C(=O)C#Cc1ccc(Br)cc1. The van der Waals surface area contributed by atoms with E-state index < -0.39 is 0 Å². The highest BCUT2D eigenvalue weighted by Gasteiger charge is 2.06. The van der Waals surface area contributed by atoms with E-state index in [4.69, 9.17) is 0 Å². The Morgan fingerprint density at radius 1 is 1.11 bits per heavy atom. The van der Waals surface area contributed by atoms with Gasteiger partial charge in [0, 0.05) is 20.5 Å². The molecule has 0 spiro atoms. The smallest absolute Gasteiger partial charge is 0.237 e. The first-order valence-electron chi connectivity index (χ1n) is 5.65. The maximum Gasteiger partial charge on any atom is 0.237 e. The summed E-state index contributed by atoms with van der Waals surface area (Å²) in [5.41, 5.74) is 1.50. The molecule has 0 amide bonds. The van der Waals surface area contributed by atoms with Crippen molar-refractivity contribution in [3.63, 3.8) is 0 Å². The molecule has 0 saturated heterocycles. The third-order valence-corrected chi connectivity index (χ3v) is 3.84. The molecule has 0 unspecified atom stereocenters. The van der Waals surface area contributed by atoms with Gasteiger partial charge in [-0.3, -0.25) is 4.79 Å². The minimum atomic E-state index is -0.145. The zero-order valence-electron chi connectivity index (χ0n) is 10.3. The Balaban J connectivity index is 2.24. The number of Topliss-reactive ketones (excluding diaryl/α,β-unsaturated/α-hetero) is 1. The van der Waals surface area contributed by atoms with Gasteiger partial charge in [0.2, 0.25) is 5.78 Å². The average Bonchev–Trinajstić information content (AvgIpc) is 2.46. The standard InChI is InChI=1S/C16H11BrOS/c1-19-16-5-3-2-4-14(16)15(18)11-8-12-6-9-13(17)10-7-12/h2-7,9-10H,1H3. The van der Waals surface area contributed by atoms with Crippen molar-refractivity contribution in [2.24, 2.45) is 0 Å². The van der Waals surface area contributed by atoms with Crippen molar-refractivity contribution in [1.29, 1.82) is 0 Å². The molecule has 1 nitrogen and oxygen atoms in total. The highest BCUT2D eigenvalue weighted by atomic mass is 79.9. The van der Waals surface area contributed by atoms with Gasteiger partial charge in [-0.25, -0.2) is 0 Å². The first kappa shape index (κ1) is 13.9. The maximum absolute atomic E-state index is 12.1. The van der Waals surface area contributed by atoms with Crippen LogP contribution in [0.15, 0.2) is 57.9 Å². The Labute approximate surface area is 125 Å². The summed E-state index contributed by atoms with van der Waals surface area (Å²) >= 11 is 4.92. The molecule has 3 heteroatoms. The molecule has 0 atom stereocenters. The van der Waals surface area contributed by atoms with E-state index in [0.717, 1.165) is 14.9 Å². The zero-order chi connectivity index (χ0) is 13.7. The second-order valence-electron chi connectivity index (χ2n) is 3.79. The molecule has 2 rings (SSSR count). The molecule has 0 N–H and O–H groups in total. The van der Waals surface area contributed by atoms with Gasteiger partial charge in [-0.15, -0.1) is 11.8 Å². The molecule has 19 heavy (non-hydrogen) atoms. The Kier molecular flexibility index (Phi) is 4.84. The van der Waals surface area contributed by atoms with Crippen molar-refractivity contribution < 1.29 is 4.79 Å². The molecule has 0 aliphatic rings. The zero-order valence-corrected chi connectivity index (χ0v) is 12.7. The molecule has 0 aromatic heterocycles. The maximum atomic E-state index is 12.1. The molecule has 0 aliphatic carbocycles. The van der Waals surface area contributed by atoms with Gasteiger partial charge in [-0.1, -0.05) is 34.0 Å². The van der Waals surface area contributed by atoms with E-state index >= 15 is 0 Å². The summed E-state index contributed by atoms with van der Waals surface area (Å²) in [5.74, 6) is 5.44. The summed E-state index contributed by atoms with van der Waals surface area (Å²) in [6.07, 6.45) is 1.95. The lowest BCUT2D eigenvalue weighted by Crippen LogP contribution is -1.97. The van der Waals surface area contributed by atoms with E-state index in [0.29, 0.717) is 5.56 Å². The van der Waals surface area contributed by atoms with E-state index in [2.05, 4.69) is 27.8 Å². The van der Waals surface area contributed by atoms with Crippen LogP contribution in [0.1, 0.15) is 15.9 Å². The summed E-state index contributed by atoms with van der Waals surface area (Å²) in [5, 5.41) is 0. The summed E-state index contributed by atoms with van der Waals surface area (Å²) in [7, 11) is 0. The number of ketones is 1. The average molecular weight is 331 g/mol. The van der Waals surface area contributed by atoms with Gasteiger partial charge in [0.05, 0.1) is 0 Å². The van der Waals surface area contributed by atoms with E-state index in [1.807, 2.05) is 54.8 Å². The van der Waals surface area contributed by atoms with E-state index in [1.54, 1.807) is 11.8 Å². The Morgan fingerprint density at radius 2 is 1.79 bits per heavy atom. The van der Waals surface area contributed by atoms with Crippen LogP contribution in [0.2, 0.25) is 0 Å². The summed E-state index contributed by atoms with van der Waals surface area (Å²) < 4.78 is 0.997. The second-order valence-corrected chi connectivity index (χ2v) is 5.55. The summed E-state index contributed by atoms with van der Waals surface area (Å²) in [6, 6.07) is 15.1. The van der Waals surface area contributed by atoms with Crippen LogP contribution in [-0.4, -0.2) is 12.0 Å². The van der Waals surface area contributed by atoms with Gasteiger partial charge in [0.25, 0.3) is 0 Å². The molecule has 0 heterocycles. The van der Waals surface area contributed by atoms with Gasteiger partial charge in [0.1, 0.15) is 0 Å². The number of carbonyl (C=O) groups is 1. The lowest BCUT2D eigenvalue weighted by atomic mass is 10.1. The molecule has 2 aromatic carbocycles. The fourth-order valence-electron chi connectivity index (χ4n) is 1.56. The molecular formula is C16H11BrOS. The van der Waals surface area contributed by atoms with Crippen LogP contribution in [0.3, 0.4) is 0 Å². The van der Waals surface area contributed by atoms with Crippen molar-refractivity contribution in [2.45, 2.75) is 4.90 Å². The van der Waals surface area contributed by atoms with Crippen molar-refractivity contribution in [3.8, 4) is 11.8 Å². The Hall–Kier alpha value is -1.50. The first-order valence-corrected chi connectivity index (χ1v) is 7.67. The first-order chi connectivity index (χ1) is 9.20. The van der Waals surface area contributed by atoms with Crippen LogP contribution in [0.25, 0.3) is 0 Å². The minimum absolute atomic E-state index is 0.145. The quantitative estimate of drug-likeness (QED) is 0.461. The van der Waals surface area contributed by atoms with Gasteiger partial charge in [0.15, 0.2) is 0 Å². The van der Waals surface area contributed by atoms with Crippen molar-refractivity contribution in [1.82, 2.24) is 0 Å². The molecule has 0 fully saturated rings. The lowest BCUT2D eigenvalue weighted by Gasteiger charge is -2.01. The monoisotopic (exact) mass is 330 g/mol. The van der Waals surface area contributed by atoms with Crippen LogP contribution in [-0.2, 0) is 0 Å². The molecule has 0 saturated carbocycles. The molecule has 0 bridgehead atoms. The Morgan fingerprint density at radius 3 is 2.47 bits per heavy atom. The molecule has 94 valence electrons. The van der Waals surface area contributed by atoms with E-state index in [9.17, 15) is 4.79 Å². The predicted octanol–water partition coefficient (Wildman–Crippen LogP) is 4.41. The molecule has 0 aliphatic heterocycles. The fourth-order valence-corrected chi connectivity index (χ4v) is 2.42. The number of benzene rings is 2. The molecule has 0 radical (unpaired) electrons. The van der Waals surface area contributed by atoms with Crippen LogP contribution < -0.4 is 0 Å². The van der Waals surface area contributed by atoms with Crippen LogP contribution in [0.5, 0.6) is 0 Å². The molecule has 2 aromatic rings. The number of hydrogen-bond acceptors (Lipinski definition) is 2. The van der Waals surface area contributed by atoms with Gasteiger partial charge >= 0.3 is 0 Å². The topological polar surface area (TPSA) is 17.1 Å². The third-order valence-electron chi connectivity index (χ3n) is 2.52. The summed E-state index contributed by atoms with van der Waals surface area (Å²) in [4.78, 5) is 13.0. The fraction of sp³-hybridized carbons (Fsp3) is 0.0625. The Bertz CT molecular complexity index is 650. The van der Waals surface area contributed by atoms with Crippen molar-refractivity contribution in [2.75, 3.05) is 6.26 Å². The van der Waals surface area contributed by atoms with Gasteiger partial charge < -0.3 is 0 Å². The number of thioether (sulfide) groups is 1. The highest BCUT2D eigenvalue weighted by molar-refractivity contribution is 9.10. The largest absolute Gasteiger partial charge is 0.279 e. The second kappa shape index (κ2) is 6.60. The van der Waals surface area contributed by atoms with Gasteiger partial charge in [-0.2, -0.15) is 0 Å². The minimum Gasteiger partial charge on any atom is -0.279 e. The van der Waals surface area contributed by atoms with Gasteiger partial charge in [-0.05, 0) is 48.6 Å². The predicted molar refractivity (Wildman–Crippen MR) is 83.6 cm³/mol. The van der Waals surface area contributed by atoms with E-state index in [-0.39, 0.29) is 5.78 Å².